The molecule has 9 heteroatoms. The van der Waals surface area contributed by atoms with Crippen molar-refractivity contribution in [3.63, 3.8) is 0 Å². The van der Waals surface area contributed by atoms with E-state index >= 15 is 0 Å². The maximum atomic E-state index is 13.9. The third-order valence-corrected chi connectivity index (χ3v) is 5.35. The molecular weight excluding hydrogens is 416 g/mol. The van der Waals surface area contributed by atoms with Crippen molar-refractivity contribution in [2.24, 2.45) is 0 Å². The third-order valence-electron chi connectivity index (χ3n) is 5.35. The Hall–Kier alpha value is -3.88. The molecule has 0 bridgehead atoms. The van der Waals surface area contributed by atoms with Crippen LogP contribution in [-0.4, -0.2) is 37.6 Å². The molecule has 0 saturated carbocycles. The molecule has 2 heterocycles. The molecule has 4 aromatic rings. The van der Waals surface area contributed by atoms with Crippen molar-refractivity contribution in [1.29, 1.82) is 0 Å². The average Bonchev–Trinajstić information content (AvgIpc) is 3.49. The summed E-state index contributed by atoms with van der Waals surface area (Å²) in [6.07, 6.45) is 4.72. The first kappa shape index (κ1) is 21.4. The van der Waals surface area contributed by atoms with Crippen LogP contribution in [0.15, 0.2) is 65.7 Å². The van der Waals surface area contributed by atoms with Crippen LogP contribution in [0.1, 0.15) is 30.8 Å². The predicted molar refractivity (Wildman–Crippen MR) is 113 cm³/mol. The second kappa shape index (κ2) is 9.09. The summed E-state index contributed by atoms with van der Waals surface area (Å²) < 4.78 is 35.0. The average molecular weight is 437 g/mol. The monoisotopic (exact) mass is 437 g/mol. The van der Waals surface area contributed by atoms with Gasteiger partial charge in [0, 0.05) is 19.9 Å². The van der Waals surface area contributed by atoms with Crippen LogP contribution in [0.2, 0.25) is 0 Å². The molecule has 0 radical (unpaired) electrons. The van der Waals surface area contributed by atoms with Gasteiger partial charge in [0.05, 0.1) is 23.5 Å². The molecule has 0 aliphatic rings. The maximum absolute atomic E-state index is 13.9. The van der Waals surface area contributed by atoms with Crippen LogP contribution in [0.25, 0.3) is 17.0 Å². The van der Waals surface area contributed by atoms with E-state index in [4.69, 9.17) is 4.42 Å². The SMILES string of the molecule is CC(c1ccc(-n2cncn2)cc1)N(C)C(=O)CCc1ncc(-c2c(F)cccc2F)o1. The Kier molecular flexibility index (Phi) is 6.07. The number of carbonyl (C=O) groups is 1. The molecule has 4 rings (SSSR count). The van der Waals surface area contributed by atoms with Gasteiger partial charge in [-0.05, 0) is 36.8 Å². The Morgan fingerprint density at radius 1 is 1.16 bits per heavy atom. The quantitative estimate of drug-likeness (QED) is 0.430. The molecule has 0 fully saturated rings. The van der Waals surface area contributed by atoms with Crippen molar-refractivity contribution in [2.45, 2.75) is 25.8 Å². The lowest BCUT2D eigenvalue weighted by Crippen LogP contribution is -2.29. The summed E-state index contributed by atoms with van der Waals surface area (Å²) in [6, 6.07) is 11.1. The lowest BCUT2D eigenvalue weighted by molar-refractivity contribution is -0.131. The van der Waals surface area contributed by atoms with Crippen LogP contribution in [0.5, 0.6) is 0 Å². The van der Waals surface area contributed by atoms with Crippen LogP contribution in [0.3, 0.4) is 0 Å². The van der Waals surface area contributed by atoms with Gasteiger partial charge in [0.25, 0.3) is 0 Å². The van der Waals surface area contributed by atoms with Gasteiger partial charge >= 0.3 is 0 Å². The number of rotatable bonds is 7. The van der Waals surface area contributed by atoms with Gasteiger partial charge in [-0.25, -0.2) is 23.4 Å². The van der Waals surface area contributed by atoms with Gasteiger partial charge in [0.2, 0.25) is 5.91 Å². The van der Waals surface area contributed by atoms with E-state index in [1.54, 1.807) is 23.0 Å². The molecule has 0 spiro atoms. The van der Waals surface area contributed by atoms with Crippen LogP contribution >= 0.6 is 0 Å². The van der Waals surface area contributed by atoms with E-state index in [0.29, 0.717) is 0 Å². The summed E-state index contributed by atoms with van der Waals surface area (Å²) in [5, 5.41) is 4.09. The Balaban J connectivity index is 1.37. The van der Waals surface area contributed by atoms with Crippen molar-refractivity contribution < 1.29 is 18.0 Å². The number of nitrogens with zero attached hydrogens (tertiary/aromatic N) is 5. The molecule has 0 N–H and O–H groups in total. The largest absolute Gasteiger partial charge is 0.441 e. The van der Waals surface area contributed by atoms with Crippen LogP contribution < -0.4 is 0 Å². The van der Waals surface area contributed by atoms with Crippen LogP contribution in [0, 0.1) is 11.6 Å². The molecular formula is C23H21F2N5O2. The van der Waals surface area contributed by atoms with Crippen LogP contribution in [0.4, 0.5) is 8.78 Å². The lowest BCUT2D eigenvalue weighted by Gasteiger charge is -2.25. The van der Waals surface area contributed by atoms with Crippen molar-refractivity contribution >= 4 is 5.91 Å². The molecule has 7 nitrogen and oxygen atoms in total. The number of halogens is 2. The first-order valence-corrected chi connectivity index (χ1v) is 10.0. The fourth-order valence-electron chi connectivity index (χ4n) is 3.35. The van der Waals surface area contributed by atoms with Crippen molar-refractivity contribution in [1.82, 2.24) is 24.6 Å². The fraction of sp³-hybridized carbons (Fsp3) is 0.217. The predicted octanol–water partition coefficient (Wildman–Crippen LogP) is 4.35. The summed E-state index contributed by atoms with van der Waals surface area (Å²) in [6.45, 7) is 1.94. The molecule has 2 aromatic heterocycles. The van der Waals surface area contributed by atoms with Gasteiger partial charge in [0.15, 0.2) is 11.7 Å². The van der Waals surface area contributed by atoms with Gasteiger partial charge in [0.1, 0.15) is 24.3 Å². The van der Waals surface area contributed by atoms with E-state index < -0.39 is 11.6 Å². The van der Waals surface area contributed by atoms with Gasteiger partial charge in [-0.15, -0.1) is 0 Å². The molecule has 0 aliphatic carbocycles. The first-order chi connectivity index (χ1) is 15.4. The van der Waals surface area contributed by atoms with Gasteiger partial charge in [-0.3, -0.25) is 4.79 Å². The number of amides is 1. The lowest BCUT2D eigenvalue weighted by atomic mass is 10.1. The van der Waals surface area contributed by atoms with E-state index in [0.717, 1.165) is 23.4 Å². The first-order valence-electron chi connectivity index (χ1n) is 10.0. The number of hydrogen-bond donors (Lipinski definition) is 0. The van der Waals surface area contributed by atoms with Gasteiger partial charge in [-0.1, -0.05) is 18.2 Å². The summed E-state index contributed by atoms with van der Waals surface area (Å²) in [4.78, 5) is 22.3. The minimum atomic E-state index is -0.729. The van der Waals surface area contributed by atoms with Crippen molar-refractivity contribution in [2.75, 3.05) is 7.05 Å². The highest BCUT2D eigenvalue weighted by molar-refractivity contribution is 5.76. The molecule has 1 unspecified atom stereocenters. The van der Waals surface area contributed by atoms with Gasteiger partial charge in [-0.2, -0.15) is 5.10 Å². The summed E-state index contributed by atoms with van der Waals surface area (Å²) >= 11 is 0. The Labute approximate surface area is 183 Å². The maximum Gasteiger partial charge on any atom is 0.223 e. The van der Waals surface area contributed by atoms with E-state index in [9.17, 15) is 13.6 Å². The number of aryl methyl sites for hydroxylation is 1. The molecule has 1 amide bonds. The molecule has 0 aliphatic heterocycles. The Morgan fingerprint density at radius 2 is 1.88 bits per heavy atom. The molecule has 164 valence electrons. The highest BCUT2D eigenvalue weighted by Gasteiger charge is 2.20. The molecule has 1 atom stereocenters. The highest BCUT2D eigenvalue weighted by Crippen LogP contribution is 2.27. The summed E-state index contributed by atoms with van der Waals surface area (Å²) in [7, 11) is 1.73. The third kappa shape index (κ3) is 4.41. The molecule has 32 heavy (non-hydrogen) atoms. The van der Waals surface area contributed by atoms with E-state index in [1.807, 2.05) is 31.2 Å². The number of aromatic nitrogens is 4. The number of hydrogen-bond acceptors (Lipinski definition) is 5. The zero-order valence-corrected chi connectivity index (χ0v) is 17.6. The van der Waals surface area contributed by atoms with Crippen molar-refractivity contribution in [3.8, 4) is 17.0 Å². The van der Waals surface area contributed by atoms with E-state index in [2.05, 4.69) is 15.1 Å². The normalized spacial score (nSPS) is 12.0. The zero-order valence-electron chi connectivity index (χ0n) is 17.6. The smallest absolute Gasteiger partial charge is 0.223 e. The highest BCUT2D eigenvalue weighted by atomic mass is 19.1. The minimum Gasteiger partial charge on any atom is -0.441 e. The minimum absolute atomic E-state index is 0.00255. The molecule has 0 saturated heterocycles. The summed E-state index contributed by atoms with van der Waals surface area (Å²) in [5.41, 5.74) is 1.58. The van der Waals surface area contributed by atoms with E-state index in [-0.39, 0.29) is 42.0 Å². The van der Waals surface area contributed by atoms with E-state index in [1.165, 1.54) is 18.6 Å². The Morgan fingerprint density at radius 3 is 2.53 bits per heavy atom. The number of carbonyl (C=O) groups excluding carboxylic acids is 1. The van der Waals surface area contributed by atoms with Gasteiger partial charge < -0.3 is 9.32 Å². The number of oxazole rings is 1. The topological polar surface area (TPSA) is 77.1 Å². The van der Waals surface area contributed by atoms with Crippen molar-refractivity contribution in [3.05, 3.63) is 84.4 Å². The van der Waals surface area contributed by atoms with Crippen LogP contribution in [-0.2, 0) is 11.2 Å². The zero-order chi connectivity index (χ0) is 22.7. The molecule has 2 aromatic carbocycles. The fourth-order valence-corrected chi connectivity index (χ4v) is 3.35. The standard InChI is InChI=1S/C23H21F2N5O2/c1-15(16-6-8-17(9-7-16)30-14-26-13-28-30)29(2)22(31)11-10-21-27-12-20(32-21)23-18(24)4-3-5-19(23)25/h3-9,12-15H,10-11H2,1-2H3. The second-order valence-electron chi connectivity index (χ2n) is 7.33. The Bertz CT molecular complexity index is 1190. The number of benzene rings is 2. The summed E-state index contributed by atoms with van der Waals surface area (Å²) in [5.74, 6) is -1.32. The second-order valence-corrected chi connectivity index (χ2v) is 7.33.